The molecule has 1 fully saturated rings. The molecule has 1 aromatic rings. The van der Waals surface area contributed by atoms with E-state index in [4.69, 9.17) is 4.74 Å². The van der Waals surface area contributed by atoms with Crippen molar-refractivity contribution < 1.29 is 13.2 Å². The smallest absolute Gasteiger partial charge is 0.330 e. The summed E-state index contributed by atoms with van der Waals surface area (Å²) in [6.07, 6.45) is 1.99. The molecule has 142 valence electrons. The Morgan fingerprint density at radius 3 is 2.40 bits per heavy atom. The topological polar surface area (TPSA) is 103 Å². The molecule has 0 aliphatic carbocycles. The van der Waals surface area contributed by atoms with Crippen LogP contribution >= 0.6 is 0 Å². The molecule has 0 spiro atoms. The fourth-order valence-corrected chi connectivity index (χ4v) is 4.25. The van der Waals surface area contributed by atoms with Gasteiger partial charge in [-0.05, 0) is 26.8 Å². The van der Waals surface area contributed by atoms with Gasteiger partial charge in [0.25, 0.3) is 5.56 Å². The van der Waals surface area contributed by atoms with E-state index in [9.17, 15) is 18.0 Å². The maximum absolute atomic E-state index is 12.4. The summed E-state index contributed by atoms with van der Waals surface area (Å²) in [5, 5.41) is 0. The van der Waals surface area contributed by atoms with Gasteiger partial charge in [0.1, 0.15) is 0 Å². The molecule has 1 N–H and O–H groups in total. The fourth-order valence-electron chi connectivity index (χ4n) is 3.01. The third-order valence-electron chi connectivity index (χ3n) is 4.14. The van der Waals surface area contributed by atoms with Crippen LogP contribution in [0.25, 0.3) is 0 Å². The van der Waals surface area contributed by atoms with Crippen LogP contribution < -0.4 is 16.0 Å². The molecule has 2 unspecified atom stereocenters. The number of nitrogens with one attached hydrogen (secondary N) is 1. The number of ether oxygens (including phenoxy) is 1. The van der Waals surface area contributed by atoms with Crippen molar-refractivity contribution in [3.63, 3.8) is 0 Å². The van der Waals surface area contributed by atoms with Gasteiger partial charge in [-0.15, -0.1) is 0 Å². The minimum absolute atomic E-state index is 0.161. The SMILES string of the molecule is CC1CN(CCCNS(=O)(=O)c2cn(C)c(=O)n(C)c2=O)CC(C)O1. The highest BCUT2D eigenvalue weighted by molar-refractivity contribution is 7.89. The van der Waals surface area contributed by atoms with Crippen molar-refractivity contribution in [2.45, 2.75) is 37.4 Å². The van der Waals surface area contributed by atoms with Crippen LogP contribution in [-0.4, -0.2) is 60.8 Å². The summed E-state index contributed by atoms with van der Waals surface area (Å²) in [7, 11) is -1.30. The van der Waals surface area contributed by atoms with Crippen molar-refractivity contribution in [3.05, 3.63) is 27.0 Å². The maximum Gasteiger partial charge on any atom is 0.330 e. The molecule has 0 bridgehead atoms. The fraction of sp³-hybridized carbons (Fsp3) is 0.733. The lowest BCUT2D eigenvalue weighted by molar-refractivity contribution is -0.0679. The first-order valence-corrected chi connectivity index (χ1v) is 9.74. The molecule has 0 aromatic carbocycles. The molecule has 9 nitrogen and oxygen atoms in total. The number of aryl methyl sites for hydroxylation is 1. The van der Waals surface area contributed by atoms with Crippen LogP contribution in [0.3, 0.4) is 0 Å². The van der Waals surface area contributed by atoms with Crippen LogP contribution in [0.1, 0.15) is 20.3 Å². The van der Waals surface area contributed by atoms with Crippen LogP contribution in [0.5, 0.6) is 0 Å². The Hall–Kier alpha value is -1.49. The number of aromatic nitrogens is 2. The number of hydrogen-bond donors (Lipinski definition) is 1. The van der Waals surface area contributed by atoms with Crippen molar-refractivity contribution >= 4 is 10.0 Å². The van der Waals surface area contributed by atoms with Gasteiger partial charge in [-0.3, -0.25) is 14.3 Å². The van der Waals surface area contributed by atoms with Crippen molar-refractivity contribution in [1.29, 1.82) is 0 Å². The Kier molecular flexibility index (Phi) is 6.20. The first-order chi connectivity index (χ1) is 11.6. The first-order valence-electron chi connectivity index (χ1n) is 8.26. The summed E-state index contributed by atoms with van der Waals surface area (Å²) >= 11 is 0. The molecule has 2 rings (SSSR count). The molecular weight excluding hydrogens is 348 g/mol. The summed E-state index contributed by atoms with van der Waals surface area (Å²) in [5.41, 5.74) is -1.40. The largest absolute Gasteiger partial charge is 0.373 e. The zero-order valence-corrected chi connectivity index (χ0v) is 15.9. The average molecular weight is 374 g/mol. The Balaban J connectivity index is 1.97. The summed E-state index contributed by atoms with van der Waals surface area (Å²) in [5.74, 6) is 0. The van der Waals surface area contributed by atoms with Gasteiger partial charge >= 0.3 is 5.69 Å². The van der Waals surface area contributed by atoms with Crippen molar-refractivity contribution in [2.75, 3.05) is 26.2 Å². The van der Waals surface area contributed by atoms with Crippen LogP contribution in [0, 0.1) is 0 Å². The van der Waals surface area contributed by atoms with E-state index in [1.165, 1.54) is 14.1 Å². The second-order valence-corrected chi connectivity index (χ2v) is 8.25. The number of nitrogens with zero attached hydrogens (tertiary/aromatic N) is 3. The number of sulfonamides is 1. The zero-order valence-electron chi connectivity index (χ0n) is 15.1. The molecule has 1 aromatic heterocycles. The van der Waals surface area contributed by atoms with Crippen LogP contribution in [0.4, 0.5) is 0 Å². The van der Waals surface area contributed by atoms with E-state index in [-0.39, 0.29) is 18.8 Å². The van der Waals surface area contributed by atoms with E-state index in [1.807, 2.05) is 13.8 Å². The van der Waals surface area contributed by atoms with Gasteiger partial charge in [0.05, 0.1) is 12.2 Å². The predicted molar refractivity (Wildman–Crippen MR) is 93.2 cm³/mol. The average Bonchev–Trinajstić information content (AvgIpc) is 2.52. The highest BCUT2D eigenvalue weighted by Gasteiger charge is 2.23. The van der Waals surface area contributed by atoms with Crippen LogP contribution in [-0.2, 0) is 28.9 Å². The van der Waals surface area contributed by atoms with Gasteiger partial charge < -0.3 is 9.30 Å². The van der Waals surface area contributed by atoms with E-state index >= 15 is 0 Å². The van der Waals surface area contributed by atoms with Crippen molar-refractivity contribution in [1.82, 2.24) is 18.8 Å². The van der Waals surface area contributed by atoms with Crippen molar-refractivity contribution in [2.24, 2.45) is 14.1 Å². The number of morpholine rings is 1. The molecule has 1 saturated heterocycles. The molecule has 0 amide bonds. The maximum atomic E-state index is 12.4. The number of rotatable bonds is 6. The monoisotopic (exact) mass is 374 g/mol. The molecule has 0 radical (unpaired) electrons. The van der Waals surface area contributed by atoms with Crippen LogP contribution in [0.15, 0.2) is 20.7 Å². The Labute approximate surface area is 147 Å². The Morgan fingerprint density at radius 2 is 1.80 bits per heavy atom. The van der Waals surface area contributed by atoms with E-state index in [0.717, 1.165) is 35.0 Å². The molecule has 25 heavy (non-hydrogen) atoms. The Morgan fingerprint density at radius 1 is 1.20 bits per heavy atom. The lowest BCUT2D eigenvalue weighted by atomic mass is 10.2. The van der Waals surface area contributed by atoms with Gasteiger partial charge in [-0.2, -0.15) is 0 Å². The normalized spacial score (nSPS) is 22.2. The molecule has 0 saturated carbocycles. The third-order valence-corrected chi connectivity index (χ3v) is 5.59. The minimum Gasteiger partial charge on any atom is -0.373 e. The van der Waals surface area contributed by atoms with Crippen LogP contribution in [0.2, 0.25) is 0 Å². The second kappa shape index (κ2) is 7.81. The molecule has 10 heteroatoms. The van der Waals surface area contributed by atoms with E-state index in [0.29, 0.717) is 6.42 Å². The second-order valence-electron chi connectivity index (χ2n) is 6.52. The molecule has 2 heterocycles. The lowest BCUT2D eigenvalue weighted by Crippen LogP contribution is -2.46. The summed E-state index contributed by atoms with van der Waals surface area (Å²) in [6, 6.07) is 0. The highest BCUT2D eigenvalue weighted by atomic mass is 32.2. The minimum atomic E-state index is -3.96. The highest BCUT2D eigenvalue weighted by Crippen LogP contribution is 2.10. The quantitative estimate of drug-likeness (QED) is 0.632. The molecule has 1 aliphatic heterocycles. The zero-order chi connectivity index (χ0) is 18.8. The molecule has 1 aliphatic rings. The van der Waals surface area contributed by atoms with Gasteiger partial charge in [-0.1, -0.05) is 0 Å². The molecule has 2 atom stereocenters. The van der Waals surface area contributed by atoms with Gasteiger partial charge in [-0.25, -0.2) is 17.9 Å². The van der Waals surface area contributed by atoms with E-state index in [1.54, 1.807) is 0 Å². The van der Waals surface area contributed by atoms with Gasteiger partial charge in [0.2, 0.25) is 10.0 Å². The lowest BCUT2D eigenvalue weighted by Gasteiger charge is -2.35. The standard InChI is InChI=1S/C15H26N4O5S/c1-11-8-19(9-12(2)24-11)7-5-6-16-25(22,23)13-10-17(3)15(21)18(4)14(13)20/h10-12,16H,5-9H2,1-4H3. The molecular formula is C15H26N4O5S. The van der Waals surface area contributed by atoms with E-state index in [2.05, 4.69) is 9.62 Å². The third kappa shape index (κ3) is 4.78. The predicted octanol–water partition coefficient (Wildman–Crippen LogP) is -1.14. The number of hydrogen-bond acceptors (Lipinski definition) is 6. The summed E-state index contributed by atoms with van der Waals surface area (Å²) in [6.45, 7) is 6.62. The summed E-state index contributed by atoms with van der Waals surface area (Å²) in [4.78, 5) is 25.5. The van der Waals surface area contributed by atoms with Gasteiger partial charge in [0.15, 0.2) is 4.90 Å². The van der Waals surface area contributed by atoms with Gasteiger partial charge in [0, 0.05) is 39.9 Å². The van der Waals surface area contributed by atoms with Crippen molar-refractivity contribution in [3.8, 4) is 0 Å². The summed E-state index contributed by atoms with van der Waals surface area (Å²) < 4.78 is 34.7. The first kappa shape index (κ1) is 19.8. The van der Waals surface area contributed by atoms with E-state index < -0.39 is 26.2 Å². The Bertz CT molecular complexity index is 819.